The standard InChI is InChI=1S/C10H21N/c1-3-5-7-9-11-10-8-6-4-2/h5,7,11H,3-4,6,8-10H2,1-2H3/b7-5+. The van der Waals surface area contributed by atoms with Crippen LogP contribution in [-0.2, 0) is 0 Å². The minimum absolute atomic E-state index is 1.04. The van der Waals surface area contributed by atoms with E-state index in [1.807, 2.05) is 0 Å². The van der Waals surface area contributed by atoms with Crippen LogP contribution < -0.4 is 5.32 Å². The molecule has 0 fully saturated rings. The van der Waals surface area contributed by atoms with E-state index in [0.29, 0.717) is 0 Å². The number of allylic oxidation sites excluding steroid dienone is 1. The zero-order valence-electron chi connectivity index (χ0n) is 7.90. The summed E-state index contributed by atoms with van der Waals surface area (Å²) < 4.78 is 0. The highest BCUT2D eigenvalue weighted by atomic mass is 14.8. The van der Waals surface area contributed by atoms with Gasteiger partial charge in [0.15, 0.2) is 0 Å². The SMILES string of the molecule is CC/C=C/CNCCCCC. The van der Waals surface area contributed by atoms with E-state index in [1.165, 1.54) is 25.8 Å². The number of rotatable bonds is 7. The molecule has 0 saturated heterocycles. The van der Waals surface area contributed by atoms with Gasteiger partial charge >= 0.3 is 0 Å². The largest absolute Gasteiger partial charge is 0.313 e. The van der Waals surface area contributed by atoms with Crippen LogP contribution in [0.3, 0.4) is 0 Å². The van der Waals surface area contributed by atoms with E-state index in [9.17, 15) is 0 Å². The summed E-state index contributed by atoms with van der Waals surface area (Å²) in [6.07, 6.45) is 9.53. The van der Waals surface area contributed by atoms with Gasteiger partial charge in [0, 0.05) is 6.54 Å². The van der Waals surface area contributed by atoms with Crippen molar-refractivity contribution in [1.82, 2.24) is 5.32 Å². The van der Waals surface area contributed by atoms with Gasteiger partial charge in [-0.05, 0) is 19.4 Å². The lowest BCUT2D eigenvalue weighted by atomic mass is 10.2. The second kappa shape index (κ2) is 9.70. The minimum atomic E-state index is 1.04. The molecule has 0 aromatic carbocycles. The Bertz CT molecular complexity index is 86.9. The van der Waals surface area contributed by atoms with Gasteiger partial charge in [-0.2, -0.15) is 0 Å². The number of hydrogen-bond acceptors (Lipinski definition) is 1. The molecular formula is C10H21N. The molecule has 0 atom stereocenters. The Hall–Kier alpha value is -0.300. The van der Waals surface area contributed by atoms with Crippen LogP contribution in [0.4, 0.5) is 0 Å². The molecule has 0 spiro atoms. The normalized spacial score (nSPS) is 11.1. The molecule has 0 aromatic heterocycles. The molecule has 0 bridgehead atoms. The lowest BCUT2D eigenvalue weighted by Gasteiger charge is -1.98. The molecule has 66 valence electrons. The smallest absolute Gasteiger partial charge is 0.0134 e. The fourth-order valence-electron chi connectivity index (χ4n) is 0.935. The van der Waals surface area contributed by atoms with Gasteiger partial charge in [-0.25, -0.2) is 0 Å². The van der Waals surface area contributed by atoms with Gasteiger partial charge in [0.2, 0.25) is 0 Å². The molecule has 11 heavy (non-hydrogen) atoms. The zero-order chi connectivity index (χ0) is 8.36. The predicted octanol–water partition coefficient (Wildman–Crippen LogP) is 2.73. The van der Waals surface area contributed by atoms with E-state index in [2.05, 4.69) is 31.3 Å². The second-order valence-electron chi connectivity index (χ2n) is 2.79. The van der Waals surface area contributed by atoms with Crippen LogP contribution >= 0.6 is 0 Å². The molecule has 0 saturated carbocycles. The maximum Gasteiger partial charge on any atom is 0.0134 e. The first kappa shape index (κ1) is 10.7. The van der Waals surface area contributed by atoms with Crippen LogP contribution in [-0.4, -0.2) is 13.1 Å². The molecule has 0 amide bonds. The summed E-state index contributed by atoms with van der Waals surface area (Å²) in [6, 6.07) is 0. The molecule has 0 rings (SSSR count). The van der Waals surface area contributed by atoms with Gasteiger partial charge in [0.25, 0.3) is 0 Å². The fraction of sp³-hybridized carbons (Fsp3) is 0.800. The van der Waals surface area contributed by atoms with Gasteiger partial charge < -0.3 is 5.32 Å². The first-order chi connectivity index (χ1) is 5.41. The van der Waals surface area contributed by atoms with Crippen LogP contribution in [0.5, 0.6) is 0 Å². The first-order valence-corrected chi connectivity index (χ1v) is 4.77. The van der Waals surface area contributed by atoms with Crippen molar-refractivity contribution in [2.75, 3.05) is 13.1 Å². The van der Waals surface area contributed by atoms with Crippen molar-refractivity contribution in [1.29, 1.82) is 0 Å². The molecule has 1 nitrogen and oxygen atoms in total. The van der Waals surface area contributed by atoms with Crippen LogP contribution in [0, 0.1) is 0 Å². The third-order valence-corrected chi connectivity index (χ3v) is 1.62. The zero-order valence-corrected chi connectivity index (χ0v) is 7.90. The van der Waals surface area contributed by atoms with E-state index in [4.69, 9.17) is 0 Å². The molecular weight excluding hydrogens is 134 g/mol. The maximum absolute atomic E-state index is 3.37. The van der Waals surface area contributed by atoms with E-state index < -0.39 is 0 Å². The molecule has 0 aliphatic heterocycles. The summed E-state index contributed by atoms with van der Waals surface area (Å²) in [5.74, 6) is 0. The molecule has 1 N–H and O–H groups in total. The Balaban J connectivity index is 2.85. The van der Waals surface area contributed by atoms with Gasteiger partial charge in [0.1, 0.15) is 0 Å². The Labute approximate surface area is 70.9 Å². The number of hydrogen-bond donors (Lipinski definition) is 1. The Kier molecular flexibility index (Phi) is 9.44. The maximum atomic E-state index is 3.37. The van der Waals surface area contributed by atoms with Crippen molar-refractivity contribution in [3.63, 3.8) is 0 Å². The molecule has 0 aliphatic carbocycles. The van der Waals surface area contributed by atoms with Crippen LogP contribution in [0.1, 0.15) is 39.5 Å². The summed E-state index contributed by atoms with van der Waals surface area (Å²) in [4.78, 5) is 0. The third kappa shape index (κ3) is 9.70. The Morgan fingerprint density at radius 1 is 1.09 bits per heavy atom. The van der Waals surface area contributed by atoms with Crippen molar-refractivity contribution in [2.45, 2.75) is 39.5 Å². The van der Waals surface area contributed by atoms with E-state index in [0.717, 1.165) is 13.0 Å². The van der Waals surface area contributed by atoms with E-state index in [-0.39, 0.29) is 0 Å². The van der Waals surface area contributed by atoms with Crippen molar-refractivity contribution in [3.8, 4) is 0 Å². The van der Waals surface area contributed by atoms with Gasteiger partial charge in [-0.3, -0.25) is 0 Å². The van der Waals surface area contributed by atoms with E-state index in [1.54, 1.807) is 0 Å². The highest BCUT2D eigenvalue weighted by Crippen LogP contribution is 1.90. The van der Waals surface area contributed by atoms with Crippen LogP contribution in [0.15, 0.2) is 12.2 Å². The number of nitrogens with one attached hydrogen (secondary N) is 1. The predicted molar refractivity (Wildman–Crippen MR) is 51.8 cm³/mol. The molecule has 0 radical (unpaired) electrons. The summed E-state index contributed by atoms with van der Waals surface area (Å²) in [5.41, 5.74) is 0. The molecule has 1 heteroatoms. The summed E-state index contributed by atoms with van der Waals surface area (Å²) >= 11 is 0. The summed E-state index contributed by atoms with van der Waals surface area (Å²) in [6.45, 7) is 6.60. The minimum Gasteiger partial charge on any atom is -0.313 e. The average molecular weight is 155 g/mol. The molecule has 0 aromatic rings. The highest BCUT2D eigenvalue weighted by Gasteiger charge is 1.83. The van der Waals surface area contributed by atoms with Crippen molar-refractivity contribution in [2.24, 2.45) is 0 Å². The molecule has 0 unspecified atom stereocenters. The van der Waals surface area contributed by atoms with Crippen molar-refractivity contribution >= 4 is 0 Å². The average Bonchev–Trinajstić information content (AvgIpc) is 2.03. The lowest BCUT2D eigenvalue weighted by Crippen LogP contribution is -2.14. The Morgan fingerprint density at radius 3 is 2.55 bits per heavy atom. The highest BCUT2D eigenvalue weighted by molar-refractivity contribution is 4.81. The Morgan fingerprint density at radius 2 is 1.91 bits per heavy atom. The number of unbranched alkanes of at least 4 members (excludes halogenated alkanes) is 2. The van der Waals surface area contributed by atoms with Gasteiger partial charge in [-0.1, -0.05) is 38.8 Å². The topological polar surface area (TPSA) is 12.0 Å². The van der Waals surface area contributed by atoms with Crippen LogP contribution in [0.2, 0.25) is 0 Å². The summed E-state index contributed by atoms with van der Waals surface area (Å²) in [5, 5.41) is 3.37. The fourth-order valence-corrected chi connectivity index (χ4v) is 0.935. The van der Waals surface area contributed by atoms with E-state index >= 15 is 0 Å². The monoisotopic (exact) mass is 155 g/mol. The summed E-state index contributed by atoms with van der Waals surface area (Å²) in [7, 11) is 0. The van der Waals surface area contributed by atoms with Gasteiger partial charge in [0.05, 0.1) is 0 Å². The molecule has 0 heterocycles. The lowest BCUT2D eigenvalue weighted by molar-refractivity contribution is 0.646. The molecule has 0 aliphatic rings. The van der Waals surface area contributed by atoms with Crippen molar-refractivity contribution < 1.29 is 0 Å². The second-order valence-corrected chi connectivity index (χ2v) is 2.79. The van der Waals surface area contributed by atoms with Crippen molar-refractivity contribution in [3.05, 3.63) is 12.2 Å². The third-order valence-electron chi connectivity index (χ3n) is 1.62. The van der Waals surface area contributed by atoms with Gasteiger partial charge in [-0.15, -0.1) is 0 Å². The van der Waals surface area contributed by atoms with Crippen LogP contribution in [0.25, 0.3) is 0 Å². The first-order valence-electron chi connectivity index (χ1n) is 4.77. The quantitative estimate of drug-likeness (QED) is 0.440.